The highest BCUT2D eigenvalue weighted by molar-refractivity contribution is 14.1. The van der Waals surface area contributed by atoms with Crippen LogP contribution in [0.1, 0.15) is 33.9 Å². The highest BCUT2D eigenvalue weighted by Crippen LogP contribution is 2.49. The van der Waals surface area contributed by atoms with Gasteiger partial charge in [0.15, 0.2) is 6.23 Å². The van der Waals surface area contributed by atoms with Crippen molar-refractivity contribution < 1.29 is 33.0 Å². The number of H-pyrrole nitrogens is 1. The molecule has 2 heterocycles. The van der Waals surface area contributed by atoms with Gasteiger partial charge >= 0.3 is 19.4 Å². The number of aromatic nitrogens is 2. The normalized spacial score (nSPS) is 24.7. The van der Waals surface area contributed by atoms with E-state index in [1.807, 2.05) is 18.2 Å². The number of carbonyl (C=O) groups is 1. The number of ether oxygens (including phenoxy) is 2. The van der Waals surface area contributed by atoms with Crippen molar-refractivity contribution in [2.45, 2.75) is 63.2 Å². The number of aliphatic hydroxyl groups excluding tert-OH is 1. The van der Waals surface area contributed by atoms with Crippen LogP contribution in [0.3, 0.4) is 0 Å². The van der Waals surface area contributed by atoms with E-state index in [4.69, 9.17) is 30.1 Å². The van der Waals surface area contributed by atoms with Gasteiger partial charge in [-0.25, -0.2) is 9.36 Å². The van der Waals surface area contributed by atoms with Crippen LogP contribution < -0.4 is 20.9 Å². The Kier molecular flexibility index (Phi) is 9.69. The SMILES string of the molecule is CC(C)OC(=O)[C@@H](C)N[P@](=O)(OC[C@H]1O[C@@H](n2cc(I)c(=O)[nH]c2=O)[C@](C)(Cl)[C@@H]1O)Oc1cccc2ccccc12. The lowest BCUT2D eigenvalue weighted by molar-refractivity contribution is -0.149. The van der Waals surface area contributed by atoms with Crippen LogP contribution in [0, 0.1) is 3.57 Å². The number of carbonyl (C=O) groups excluding carboxylic acids is 1. The van der Waals surface area contributed by atoms with Crippen molar-refractivity contribution in [2.75, 3.05) is 6.61 Å². The molecule has 0 radical (unpaired) electrons. The second-order valence-corrected chi connectivity index (χ2v) is 13.6. The molecule has 3 N–H and O–H groups in total. The molecule has 12 nitrogen and oxygen atoms in total. The Bertz CT molecular complexity index is 1590. The number of nitrogens with zero attached hydrogens (tertiary/aromatic N) is 1. The van der Waals surface area contributed by atoms with Gasteiger partial charge in [0, 0.05) is 11.6 Å². The second kappa shape index (κ2) is 12.5. The third-order valence-electron chi connectivity index (χ3n) is 6.33. The van der Waals surface area contributed by atoms with Crippen LogP contribution in [0.5, 0.6) is 5.75 Å². The maximum absolute atomic E-state index is 14.1. The number of nitrogens with one attached hydrogen (secondary N) is 2. The summed E-state index contributed by atoms with van der Waals surface area (Å²) in [4.78, 5) is 37.5. The minimum Gasteiger partial charge on any atom is -0.462 e. The number of fused-ring (bicyclic) bond motifs is 1. The molecule has 0 amide bonds. The third-order valence-corrected chi connectivity index (χ3v) is 9.14. The van der Waals surface area contributed by atoms with E-state index in [2.05, 4.69) is 10.1 Å². The number of hydrogen-bond donors (Lipinski definition) is 3. The Morgan fingerprint density at radius 3 is 2.63 bits per heavy atom. The summed E-state index contributed by atoms with van der Waals surface area (Å²) in [7, 11) is -4.34. The highest BCUT2D eigenvalue weighted by atomic mass is 127. The zero-order chi connectivity index (χ0) is 30.1. The summed E-state index contributed by atoms with van der Waals surface area (Å²) in [6, 6.07) is 11.4. The Hall–Kier alpha value is -2.26. The highest BCUT2D eigenvalue weighted by Gasteiger charge is 2.54. The van der Waals surface area contributed by atoms with E-state index < -0.39 is 67.0 Å². The number of hydrogen-bond acceptors (Lipinski definition) is 9. The molecule has 222 valence electrons. The van der Waals surface area contributed by atoms with E-state index in [0.717, 1.165) is 9.95 Å². The van der Waals surface area contributed by atoms with Crippen molar-refractivity contribution in [3.8, 4) is 5.75 Å². The first kappa shape index (κ1) is 31.7. The average Bonchev–Trinajstić information content (AvgIpc) is 3.13. The van der Waals surface area contributed by atoms with Crippen LogP contribution in [-0.4, -0.2) is 56.5 Å². The van der Waals surface area contributed by atoms with Crippen LogP contribution in [0.4, 0.5) is 0 Å². The fourth-order valence-electron chi connectivity index (χ4n) is 4.28. The molecule has 0 unspecified atom stereocenters. The minimum atomic E-state index is -4.34. The maximum Gasteiger partial charge on any atom is 0.459 e. The number of rotatable bonds is 10. The summed E-state index contributed by atoms with van der Waals surface area (Å²) >= 11 is 8.39. The standard InChI is InChI=1S/C26H30ClIN3O9P/c1-14(2)38-23(34)15(3)30-41(36,40-19-11-7-9-16-8-5-6-10-17(16)19)37-13-20-21(32)26(4,27)24(39-20)31-12-18(28)22(33)29-25(31)35/h5-12,14-15,20-21,24,32H,13H2,1-4H3,(H,30,36)(H,29,33,35)/t15-,20-,21-,24-,26-,41+/m1/s1. The zero-order valence-corrected chi connectivity index (χ0v) is 26.4. The third kappa shape index (κ3) is 7.04. The number of halogens is 2. The largest absolute Gasteiger partial charge is 0.462 e. The van der Waals surface area contributed by atoms with Crippen LogP contribution in [0.15, 0.2) is 58.3 Å². The molecular weight excluding hydrogens is 692 g/mol. The topological polar surface area (TPSA) is 158 Å². The molecule has 2 aromatic carbocycles. The van der Waals surface area contributed by atoms with Crippen LogP contribution >= 0.6 is 41.9 Å². The van der Waals surface area contributed by atoms with Gasteiger partial charge in [-0.15, -0.1) is 11.6 Å². The lowest BCUT2D eigenvalue weighted by Gasteiger charge is -2.27. The predicted octanol–water partition coefficient (Wildman–Crippen LogP) is 3.68. The minimum absolute atomic E-state index is 0.201. The molecule has 15 heteroatoms. The van der Waals surface area contributed by atoms with Gasteiger partial charge < -0.3 is 19.1 Å². The van der Waals surface area contributed by atoms with Gasteiger partial charge in [-0.3, -0.25) is 23.7 Å². The number of aromatic amines is 1. The monoisotopic (exact) mass is 721 g/mol. The van der Waals surface area contributed by atoms with Gasteiger partial charge in [-0.05, 0) is 61.7 Å². The molecule has 1 aromatic heterocycles. The number of alkyl halides is 1. The van der Waals surface area contributed by atoms with Gasteiger partial charge in [-0.1, -0.05) is 36.4 Å². The smallest absolute Gasteiger partial charge is 0.459 e. The molecular formula is C26H30ClIN3O9P. The van der Waals surface area contributed by atoms with Crippen molar-refractivity contribution >= 4 is 58.7 Å². The molecule has 1 fully saturated rings. The Labute approximate surface area is 254 Å². The van der Waals surface area contributed by atoms with Gasteiger partial charge in [0.1, 0.15) is 28.9 Å². The molecule has 1 aliphatic rings. The number of esters is 1. The van der Waals surface area contributed by atoms with Crippen molar-refractivity contribution in [1.29, 1.82) is 0 Å². The summed E-state index contributed by atoms with van der Waals surface area (Å²) in [6.07, 6.45) is -2.94. The first-order valence-corrected chi connectivity index (χ1v) is 15.7. The lowest BCUT2D eigenvalue weighted by atomic mass is 10.0. The fourth-order valence-corrected chi connectivity index (χ4v) is 6.53. The van der Waals surface area contributed by atoms with E-state index in [-0.39, 0.29) is 9.32 Å². The quantitative estimate of drug-likeness (QED) is 0.122. The van der Waals surface area contributed by atoms with Crippen molar-refractivity contribution in [1.82, 2.24) is 14.6 Å². The average molecular weight is 722 g/mol. The molecule has 0 aliphatic carbocycles. The van der Waals surface area contributed by atoms with E-state index in [1.165, 1.54) is 20.0 Å². The Morgan fingerprint density at radius 2 is 1.93 bits per heavy atom. The first-order valence-electron chi connectivity index (χ1n) is 12.7. The number of benzene rings is 2. The Balaban J connectivity index is 1.61. The van der Waals surface area contributed by atoms with Crippen LogP contribution in [0.2, 0.25) is 0 Å². The molecule has 0 bridgehead atoms. The van der Waals surface area contributed by atoms with Crippen molar-refractivity contribution in [2.24, 2.45) is 0 Å². The summed E-state index contributed by atoms with van der Waals surface area (Å²) in [5.41, 5.74) is -1.37. The molecule has 4 rings (SSSR count). The van der Waals surface area contributed by atoms with E-state index in [9.17, 15) is 24.1 Å². The number of aliphatic hydroxyl groups is 1. The molecule has 1 aliphatic heterocycles. The van der Waals surface area contributed by atoms with Crippen molar-refractivity contribution in [3.63, 3.8) is 0 Å². The fraction of sp³-hybridized carbons (Fsp3) is 0.423. The summed E-state index contributed by atoms with van der Waals surface area (Å²) in [6.45, 7) is 5.77. The summed E-state index contributed by atoms with van der Waals surface area (Å²) in [5, 5.41) is 15.1. The Morgan fingerprint density at radius 1 is 1.24 bits per heavy atom. The van der Waals surface area contributed by atoms with Crippen LogP contribution in [-0.2, 0) is 23.4 Å². The second-order valence-electron chi connectivity index (χ2n) is 9.96. The molecule has 41 heavy (non-hydrogen) atoms. The molecule has 3 aromatic rings. The predicted molar refractivity (Wildman–Crippen MR) is 160 cm³/mol. The van der Waals surface area contributed by atoms with Gasteiger partial charge in [-0.2, -0.15) is 5.09 Å². The first-order chi connectivity index (χ1) is 19.2. The molecule has 6 atom stereocenters. The van der Waals surface area contributed by atoms with Gasteiger partial charge in [0.25, 0.3) is 5.56 Å². The molecule has 0 spiro atoms. The molecule has 1 saturated heterocycles. The molecule has 0 saturated carbocycles. The van der Waals surface area contributed by atoms with Gasteiger partial charge in [0.2, 0.25) is 0 Å². The van der Waals surface area contributed by atoms with Gasteiger partial charge in [0.05, 0.1) is 16.3 Å². The maximum atomic E-state index is 14.1. The summed E-state index contributed by atoms with van der Waals surface area (Å²) < 4.78 is 38.1. The van der Waals surface area contributed by atoms with E-state index in [1.54, 1.807) is 60.7 Å². The van der Waals surface area contributed by atoms with E-state index >= 15 is 0 Å². The van der Waals surface area contributed by atoms with Crippen molar-refractivity contribution in [3.05, 3.63) is 73.1 Å². The van der Waals surface area contributed by atoms with E-state index in [0.29, 0.717) is 5.39 Å². The van der Waals surface area contributed by atoms with Crippen LogP contribution in [0.25, 0.3) is 10.8 Å². The summed E-state index contributed by atoms with van der Waals surface area (Å²) in [5.74, 6) is -0.450. The lowest BCUT2D eigenvalue weighted by Crippen LogP contribution is -2.43. The zero-order valence-electron chi connectivity index (χ0n) is 22.6.